The number of nitrogens with zero attached hydrogens (tertiary/aromatic N) is 1. The van der Waals surface area contributed by atoms with Crippen LogP contribution in [0.15, 0.2) is 48.7 Å². The van der Waals surface area contributed by atoms with Crippen LogP contribution in [0.25, 0.3) is 10.9 Å². The van der Waals surface area contributed by atoms with Gasteiger partial charge in [-0.05, 0) is 66.0 Å². The number of unbranched alkanes of at least 4 members (excludes halogenated alkanes) is 2. The molecule has 5 rings (SSSR count). The monoisotopic (exact) mass is 533 g/mol. The topological polar surface area (TPSA) is 41.9 Å². The van der Waals surface area contributed by atoms with E-state index in [0.717, 1.165) is 57.2 Å². The third-order valence-electron chi connectivity index (χ3n) is 8.71. The van der Waals surface area contributed by atoms with Crippen molar-refractivity contribution in [1.29, 1.82) is 0 Å². The second kappa shape index (κ2) is 12.6. The molecule has 1 saturated heterocycles. The lowest BCUT2D eigenvalue weighted by Crippen LogP contribution is -2.61. The highest BCUT2D eigenvalue weighted by molar-refractivity contribution is 5.82. The summed E-state index contributed by atoms with van der Waals surface area (Å²) in [5.74, 6) is -0.741. The second-order valence-electron chi connectivity index (χ2n) is 11.4. The van der Waals surface area contributed by atoms with Crippen molar-refractivity contribution >= 4 is 10.9 Å². The van der Waals surface area contributed by atoms with Gasteiger partial charge in [0, 0.05) is 43.0 Å². The predicted octanol–water partition coefficient (Wildman–Crippen LogP) is 7.75. The molecule has 212 valence electrons. The van der Waals surface area contributed by atoms with Gasteiger partial charge in [0.05, 0.1) is 18.8 Å². The molecule has 0 amide bonds. The Labute approximate surface area is 234 Å². The van der Waals surface area contributed by atoms with Gasteiger partial charge >= 0.3 is 0 Å². The molecular formula is C34H47NO4. The zero-order valence-electron chi connectivity index (χ0n) is 24.6. The van der Waals surface area contributed by atoms with E-state index in [1.807, 2.05) is 0 Å². The Balaban J connectivity index is 1.54. The molecule has 1 fully saturated rings. The standard InChI is InChI=1S/C34H47NO4/c1-6-10-18-36-32-24(5)31(9-4)39-34(33(32)37-19-11-7-2)29-21-30-27(20-28(29)23-38-34)16-17-35(30)22-26-14-12-25(8-3)13-15-26/h12-17,20-21,24,31-33H,6-11,18-19,22-23H2,1-5H3/t24-,31-,32+,33-,34+/m1/s1. The molecule has 1 aromatic heterocycles. The molecule has 1 spiro atoms. The zero-order chi connectivity index (χ0) is 27.4. The number of hydrogen-bond acceptors (Lipinski definition) is 4. The van der Waals surface area contributed by atoms with Gasteiger partial charge in [0.1, 0.15) is 6.10 Å². The Morgan fingerprint density at radius 1 is 0.923 bits per heavy atom. The third kappa shape index (κ3) is 5.56. The molecule has 2 aliphatic rings. The van der Waals surface area contributed by atoms with E-state index in [2.05, 4.69) is 87.8 Å². The fourth-order valence-corrected chi connectivity index (χ4v) is 6.26. The summed E-state index contributed by atoms with van der Waals surface area (Å²) in [6.07, 6.45) is 8.04. The van der Waals surface area contributed by atoms with E-state index in [-0.39, 0.29) is 24.2 Å². The summed E-state index contributed by atoms with van der Waals surface area (Å²) in [6.45, 7) is 13.8. The van der Waals surface area contributed by atoms with Crippen LogP contribution in [0.1, 0.15) is 89.0 Å². The molecule has 0 N–H and O–H groups in total. The maximum atomic E-state index is 6.98. The van der Waals surface area contributed by atoms with E-state index in [4.69, 9.17) is 18.9 Å². The van der Waals surface area contributed by atoms with Gasteiger partial charge < -0.3 is 23.5 Å². The second-order valence-corrected chi connectivity index (χ2v) is 11.4. The largest absolute Gasteiger partial charge is 0.375 e. The number of ether oxygens (including phenoxy) is 4. The first-order valence-electron chi connectivity index (χ1n) is 15.3. The highest BCUT2D eigenvalue weighted by atomic mass is 16.7. The van der Waals surface area contributed by atoms with E-state index in [9.17, 15) is 0 Å². The van der Waals surface area contributed by atoms with E-state index >= 15 is 0 Å². The van der Waals surface area contributed by atoms with Gasteiger partial charge in [-0.15, -0.1) is 0 Å². The summed E-state index contributed by atoms with van der Waals surface area (Å²) in [7, 11) is 0. The number of hydrogen-bond donors (Lipinski definition) is 0. The Morgan fingerprint density at radius 3 is 2.33 bits per heavy atom. The van der Waals surface area contributed by atoms with E-state index < -0.39 is 5.79 Å². The molecule has 0 saturated carbocycles. The smallest absolute Gasteiger partial charge is 0.225 e. The summed E-state index contributed by atoms with van der Waals surface area (Å²) in [5.41, 5.74) is 6.16. The highest BCUT2D eigenvalue weighted by Crippen LogP contribution is 2.50. The van der Waals surface area contributed by atoms with Gasteiger partial charge in [0.2, 0.25) is 5.79 Å². The van der Waals surface area contributed by atoms with Crippen LogP contribution >= 0.6 is 0 Å². The van der Waals surface area contributed by atoms with Crippen LogP contribution in [0.5, 0.6) is 0 Å². The van der Waals surface area contributed by atoms with Crippen LogP contribution in [0.2, 0.25) is 0 Å². The first-order chi connectivity index (χ1) is 19.0. The van der Waals surface area contributed by atoms with Crippen molar-refractivity contribution in [3.63, 3.8) is 0 Å². The summed E-state index contributed by atoms with van der Waals surface area (Å²) >= 11 is 0. The quantitative estimate of drug-likeness (QED) is 0.223. The fraction of sp³-hybridized carbons (Fsp3) is 0.588. The van der Waals surface area contributed by atoms with Crippen LogP contribution in [-0.4, -0.2) is 36.1 Å². The lowest BCUT2D eigenvalue weighted by Gasteiger charge is -2.50. The average molecular weight is 534 g/mol. The van der Waals surface area contributed by atoms with Crippen LogP contribution in [0, 0.1) is 5.92 Å². The van der Waals surface area contributed by atoms with Gasteiger partial charge in [0.25, 0.3) is 0 Å². The van der Waals surface area contributed by atoms with Crippen molar-refractivity contribution < 1.29 is 18.9 Å². The molecule has 0 unspecified atom stereocenters. The maximum Gasteiger partial charge on any atom is 0.225 e. The van der Waals surface area contributed by atoms with Crippen molar-refractivity contribution in [2.45, 2.75) is 110 Å². The van der Waals surface area contributed by atoms with Crippen LogP contribution in [0.4, 0.5) is 0 Å². The van der Waals surface area contributed by atoms with Crippen molar-refractivity contribution in [2.75, 3.05) is 13.2 Å². The number of fused-ring (bicyclic) bond motifs is 3. The molecule has 2 aromatic carbocycles. The van der Waals surface area contributed by atoms with E-state index in [1.54, 1.807) is 0 Å². The van der Waals surface area contributed by atoms with Gasteiger partial charge in [-0.1, -0.05) is 71.7 Å². The molecule has 0 bridgehead atoms. The normalized spacial score (nSPS) is 26.5. The summed E-state index contributed by atoms with van der Waals surface area (Å²) < 4.78 is 29.3. The predicted molar refractivity (Wildman–Crippen MR) is 157 cm³/mol. The zero-order valence-corrected chi connectivity index (χ0v) is 24.6. The minimum absolute atomic E-state index is 0.0353. The SMILES string of the molecule is CCCCO[C@H]1[C@H](C)[C@@H](CC)O[C@]2(OCc3cc4ccn(Cc5ccc(CC)cc5)c4cc32)[C@@H]1OCCCC. The Kier molecular flexibility index (Phi) is 9.13. The van der Waals surface area contributed by atoms with Crippen molar-refractivity contribution in [2.24, 2.45) is 5.92 Å². The third-order valence-corrected chi connectivity index (χ3v) is 8.71. The van der Waals surface area contributed by atoms with Gasteiger partial charge in [-0.3, -0.25) is 0 Å². The number of benzene rings is 2. The number of aromatic nitrogens is 1. The molecule has 5 nitrogen and oxygen atoms in total. The number of aryl methyl sites for hydroxylation is 1. The molecule has 3 aromatic rings. The average Bonchev–Trinajstić information content (AvgIpc) is 3.52. The molecule has 5 heteroatoms. The molecule has 39 heavy (non-hydrogen) atoms. The minimum Gasteiger partial charge on any atom is -0.375 e. The fourth-order valence-electron chi connectivity index (χ4n) is 6.26. The molecule has 2 aliphatic heterocycles. The molecule has 0 aliphatic carbocycles. The van der Waals surface area contributed by atoms with Crippen LogP contribution in [0.3, 0.4) is 0 Å². The lowest BCUT2D eigenvalue weighted by molar-refractivity contribution is -0.369. The number of rotatable bonds is 12. The maximum absolute atomic E-state index is 6.98. The molecule has 0 radical (unpaired) electrons. The molecule has 3 heterocycles. The summed E-state index contributed by atoms with van der Waals surface area (Å²) in [4.78, 5) is 0. The molecule has 5 atom stereocenters. The van der Waals surface area contributed by atoms with Crippen molar-refractivity contribution in [1.82, 2.24) is 4.57 Å². The molecular weight excluding hydrogens is 486 g/mol. The lowest BCUT2D eigenvalue weighted by atomic mass is 9.81. The van der Waals surface area contributed by atoms with Gasteiger partial charge in [-0.25, -0.2) is 0 Å². The Bertz CT molecular complexity index is 1220. The first-order valence-corrected chi connectivity index (χ1v) is 15.3. The Hall–Kier alpha value is -2.18. The first kappa shape index (κ1) is 28.4. The van der Waals surface area contributed by atoms with Crippen LogP contribution in [-0.2, 0) is 44.3 Å². The van der Waals surface area contributed by atoms with E-state index in [0.29, 0.717) is 13.2 Å². The van der Waals surface area contributed by atoms with Crippen LogP contribution < -0.4 is 0 Å². The van der Waals surface area contributed by atoms with Gasteiger partial charge in [-0.2, -0.15) is 0 Å². The summed E-state index contributed by atoms with van der Waals surface area (Å²) in [6, 6.07) is 15.8. The van der Waals surface area contributed by atoms with Crippen molar-refractivity contribution in [3.8, 4) is 0 Å². The van der Waals surface area contributed by atoms with Crippen molar-refractivity contribution in [3.05, 3.63) is 70.9 Å². The van der Waals surface area contributed by atoms with Gasteiger partial charge in [0.15, 0.2) is 0 Å². The summed E-state index contributed by atoms with van der Waals surface area (Å²) in [5, 5.41) is 1.23. The van der Waals surface area contributed by atoms with E-state index in [1.165, 1.54) is 27.6 Å². The highest BCUT2D eigenvalue weighted by Gasteiger charge is 2.59. The Morgan fingerprint density at radius 2 is 1.64 bits per heavy atom. The minimum atomic E-state index is -0.959.